The average molecular weight is 423 g/mol. The van der Waals surface area contributed by atoms with E-state index < -0.39 is 0 Å². The molecule has 0 radical (unpaired) electrons. The number of aryl methyl sites for hydroxylation is 1. The van der Waals surface area contributed by atoms with Crippen LogP contribution in [0, 0.1) is 12.8 Å². The average Bonchev–Trinajstić information content (AvgIpc) is 3.18. The molecule has 3 aromatic rings. The van der Waals surface area contributed by atoms with Gasteiger partial charge in [-0.2, -0.15) is 4.37 Å². The van der Waals surface area contributed by atoms with Crippen molar-refractivity contribution in [3.63, 3.8) is 0 Å². The van der Waals surface area contributed by atoms with Crippen LogP contribution >= 0.6 is 11.5 Å². The maximum absolute atomic E-state index is 12.5. The Kier molecular flexibility index (Phi) is 7.97. The van der Waals surface area contributed by atoms with E-state index in [4.69, 9.17) is 4.98 Å². The van der Waals surface area contributed by atoms with Gasteiger partial charge in [-0.05, 0) is 30.4 Å². The smallest absolute Gasteiger partial charge is 0.239 e. The normalized spacial score (nSPS) is 10.9. The number of hydrogen-bond donors (Lipinski definition) is 1. The van der Waals surface area contributed by atoms with Gasteiger partial charge in [-0.3, -0.25) is 4.79 Å². The minimum Gasteiger partial charge on any atom is -0.355 e. The molecule has 0 bridgehead atoms. The van der Waals surface area contributed by atoms with Gasteiger partial charge >= 0.3 is 0 Å². The second-order valence-corrected chi connectivity index (χ2v) is 8.76. The van der Waals surface area contributed by atoms with E-state index in [-0.39, 0.29) is 12.5 Å². The predicted molar refractivity (Wildman–Crippen MR) is 124 cm³/mol. The number of carbonyl (C=O) groups is 1. The molecule has 0 saturated carbocycles. The summed E-state index contributed by atoms with van der Waals surface area (Å²) in [5.41, 5.74) is 3.57. The quantitative estimate of drug-likeness (QED) is 0.518. The van der Waals surface area contributed by atoms with Crippen molar-refractivity contribution in [2.75, 3.05) is 18.0 Å². The van der Waals surface area contributed by atoms with Crippen LogP contribution in [0.1, 0.15) is 42.8 Å². The second-order valence-electron chi connectivity index (χ2n) is 8.03. The van der Waals surface area contributed by atoms with Crippen molar-refractivity contribution in [1.29, 1.82) is 0 Å². The number of benzene rings is 2. The first-order chi connectivity index (χ1) is 14.5. The van der Waals surface area contributed by atoms with Crippen molar-refractivity contribution < 1.29 is 4.79 Å². The molecule has 30 heavy (non-hydrogen) atoms. The molecule has 0 aliphatic heterocycles. The molecule has 2 aromatic carbocycles. The number of aromatic nitrogens is 2. The highest BCUT2D eigenvalue weighted by atomic mass is 32.1. The Balaban J connectivity index is 1.70. The van der Waals surface area contributed by atoms with E-state index in [0.717, 1.165) is 22.9 Å². The fourth-order valence-corrected chi connectivity index (χ4v) is 3.74. The number of amides is 1. The van der Waals surface area contributed by atoms with Crippen molar-refractivity contribution in [2.45, 2.75) is 40.2 Å². The van der Waals surface area contributed by atoms with Gasteiger partial charge in [-0.1, -0.05) is 74.0 Å². The van der Waals surface area contributed by atoms with Crippen LogP contribution in [0.5, 0.6) is 0 Å². The van der Waals surface area contributed by atoms with Gasteiger partial charge in [0.25, 0.3) is 0 Å². The highest BCUT2D eigenvalue weighted by molar-refractivity contribution is 7.09. The predicted octanol–water partition coefficient (Wildman–Crippen LogP) is 4.61. The standard InChI is InChI=1S/C24H30N4OS/c1-18(2)13-14-25-23(29)17-28(16-21-7-5-4-6-8-21)24-26-22(27-30-24)15-20-11-9-19(3)10-12-20/h4-12,18H,13-17H2,1-3H3,(H,25,29). The van der Waals surface area contributed by atoms with Crippen LogP contribution in [0.25, 0.3) is 0 Å². The van der Waals surface area contributed by atoms with E-state index in [1.54, 1.807) is 0 Å². The molecule has 1 amide bonds. The zero-order chi connectivity index (χ0) is 21.3. The molecule has 158 valence electrons. The Morgan fingerprint density at radius 3 is 2.50 bits per heavy atom. The Bertz CT molecular complexity index is 922. The van der Waals surface area contributed by atoms with Gasteiger partial charge < -0.3 is 10.2 Å². The van der Waals surface area contributed by atoms with Crippen LogP contribution in [0.2, 0.25) is 0 Å². The van der Waals surface area contributed by atoms with Crippen LogP contribution in [0.15, 0.2) is 54.6 Å². The van der Waals surface area contributed by atoms with Gasteiger partial charge in [0.15, 0.2) is 0 Å². The Hall–Kier alpha value is -2.73. The lowest BCUT2D eigenvalue weighted by atomic mass is 10.1. The first-order valence-corrected chi connectivity index (χ1v) is 11.2. The van der Waals surface area contributed by atoms with Gasteiger partial charge in [-0.25, -0.2) is 4.98 Å². The molecular formula is C24H30N4OS. The Morgan fingerprint density at radius 1 is 1.07 bits per heavy atom. The number of rotatable bonds is 10. The topological polar surface area (TPSA) is 58.1 Å². The summed E-state index contributed by atoms with van der Waals surface area (Å²) in [4.78, 5) is 19.3. The molecule has 1 N–H and O–H groups in total. The molecule has 0 unspecified atom stereocenters. The lowest BCUT2D eigenvalue weighted by Gasteiger charge is -2.21. The molecule has 5 nitrogen and oxygen atoms in total. The number of nitrogens with zero attached hydrogens (tertiary/aromatic N) is 3. The first-order valence-electron chi connectivity index (χ1n) is 10.4. The zero-order valence-corrected chi connectivity index (χ0v) is 18.8. The van der Waals surface area contributed by atoms with Crippen molar-refractivity contribution in [3.8, 4) is 0 Å². The van der Waals surface area contributed by atoms with Crippen molar-refractivity contribution >= 4 is 22.6 Å². The third kappa shape index (κ3) is 6.95. The largest absolute Gasteiger partial charge is 0.355 e. The van der Waals surface area contributed by atoms with Crippen molar-refractivity contribution in [1.82, 2.24) is 14.7 Å². The molecule has 0 aliphatic carbocycles. The summed E-state index contributed by atoms with van der Waals surface area (Å²) in [5.74, 6) is 1.37. The van der Waals surface area contributed by atoms with Crippen LogP contribution in [-0.2, 0) is 17.8 Å². The third-order valence-electron chi connectivity index (χ3n) is 4.81. The highest BCUT2D eigenvalue weighted by Gasteiger charge is 2.17. The second kappa shape index (κ2) is 10.9. The molecule has 1 aromatic heterocycles. The molecule has 0 saturated heterocycles. The molecule has 0 fully saturated rings. The summed E-state index contributed by atoms with van der Waals surface area (Å²) in [5, 5.41) is 3.81. The van der Waals surface area contributed by atoms with E-state index >= 15 is 0 Å². The van der Waals surface area contributed by atoms with Gasteiger partial charge in [0.2, 0.25) is 11.0 Å². The van der Waals surface area contributed by atoms with Crippen molar-refractivity contribution in [3.05, 3.63) is 77.1 Å². The summed E-state index contributed by atoms with van der Waals surface area (Å²) >= 11 is 1.35. The summed E-state index contributed by atoms with van der Waals surface area (Å²) in [6.07, 6.45) is 1.67. The molecule has 0 atom stereocenters. The molecule has 0 aliphatic rings. The van der Waals surface area contributed by atoms with E-state index in [9.17, 15) is 4.79 Å². The first kappa shape index (κ1) is 22.0. The van der Waals surface area contributed by atoms with Crippen LogP contribution in [0.4, 0.5) is 5.13 Å². The fourth-order valence-electron chi connectivity index (χ4n) is 3.06. The maximum atomic E-state index is 12.5. The molecule has 3 rings (SSSR count). The third-order valence-corrected chi connectivity index (χ3v) is 5.62. The number of nitrogens with one attached hydrogen (secondary N) is 1. The zero-order valence-electron chi connectivity index (χ0n) is 18.0. The van der Waals surface area contributed by atoms with E-state index in [1.807, 2.05) is 23.1 Å². The monoisotopic (exact) mass is 422 g/mol. The number of carbonyl (C=O) groups excluding carboxylic acids is 1. The maximum Gasteiger partial charge on any atom is 0.239 e. The van der Waals surface area contributed by atoms with Gasteiger partial charge in [0.05, 0.1) is 6.54 Å². The van der Waals surface area contributed by atoms with Gasteiger partial charge in [0, 0.05) is 31.0 Å². The van der Waals surface area contributed by atoms with Crippen molar-refractivity contribution in [2.24, 2.45) is 5.92 Å². The van der Waals surface area contributed by atoms with Crippen LogP contribution in [0.3, 0.4) is 0 Å². The lowest BCUT2D eigenvalue weighted by Crippen LogP contribution is -2.37. The molecular weight excluding hydrogens is 392 g/mol. The highest BCUT2D eigenvalue weighted by Crippen LogP contribution is 2.21. The van der Waals surface area contributed by atoms with E-state index in [2.05, 4.69) is 66.9 Å². The molecule has 6 heteroatoms. The Labute approximate surface area is 183 Å². The fraction of sp³-hybridized carbons (Fsp3) is 0.375. The van der Waals surface area contributed by atoms with Crippen LogP contribution < -0.4 is 10.2 Å². The number of anilines is 1. The number of hydrogen-bond acceptors (Lipinski definition) is 5. The molecule has 0 spiro atoms. The van der Waals surface area contributed by atoms with Gasteiger partial charge in [0.1, 0.15) is 5.82 Å². The minimum atomic E-state index is 0.0156. The summed E-state index contributed by atoms with van der Waals surface area (Å²) in [6, 6.07) is 18.6. The summed E-state index contributed by atoms with van der Waals surface area (Å²) < 4.78 is 4.55. The lowest BCUT2D eigenvalue weighted by molar-refractivity contribution is -0.119. The molecule has 1 heterocycles. The van der Waals surface area contributed by atoms with Gasteiger partial charge in [-0.15, -0.1) is 0 Å². The van der Waals surface area contributed by atoms with E-state index in [0.29, 0.717) is 25.4 Å². The SMILES string of the molecule is Cc1ccc(Cc2nsc(N(CC(=O)NCCC(C)C)Cc3ccccc3)n2)cc1. The van der Waals surface area contributed by atoms with Crippen LogP contribution in [-0.4, -0.2) is 28.4 Å². The summed E-state index contributed by atoms with van der Waals surface area (Å²) in [6.45, 7) is 7.99. The van der Waals surface area contributed by atoms with E-state index in [1.165, 1.54) is 22.7 Å². The minimum absolute atomic E-state index is 0.0156. The Morgan fingerprint density at radius 2 is 1.80 bits per heavy atom. The summed E-state index contributed by atoms with van der Waals surface area (Å²) in [7, 11) is 0.